The number of halogens is 1. The SMILES string of the molecule is CCOc1ccc(NC(=O)C2(c3ccc(F)cc3)CCCC2)c2ccccc12. The number of nitrogens with one attached hydrogen (secondary N) is 1. The van der Waals surface area contributed by atoms with Crippen LogP contribution in [0.5, 0.6) is 5.75 Å². The average molecular weight is 377 g/mol. The van der Waals surface area contributed by atoms with Crippen LogP contribution in [0.15, 0.2) is 60.7 Å². The summed E-state index contributed by atoms with van der Waals surface area (Å²) in [5, 5.41) is 5.09. The van der Waals surface area contributed by atoms with Gasteiger partial charge in [0.1, 0.15) is 11.6 Å². The van der Waals surface area contributed by atoms with Gasteiger partial charge in [0.05, 0.1) is 12.0 Å². The van der Waals surface area contributed by atoms with E-state index < -0.39 is 5.41 Å². The first-order chi connectivity index (χ1) is 13.6. The molecule has 0 bridgehead atoms. The number of hydrogen-bond acceptors (Lipinski definition) is 2. The first-order valence-electron chi connectivity index (χ1n) is 9.86. The third kappa shape index (κ3) is 3.24. The van der Waals surface area contributed by atoms with Gasteiger partial charge in [-0.25, -0.2) is 4.39 Å². The van der Waals surface area contributed by atoms with Crippen molar-refractivity contribution in [2.45, 2.75) is 38.0 Å². The highest BCUT2D eigenvalue weighted by Gasteiger charge is 2.42. The number of benzene rings is 3. The number of rotatable bonds is 5. The Kier molecular flexibility index (Phi) is 5.03. The van der Waals surface area contributed by atoms with Crippen molar-refractivity contribution < 1.29 is 13.9 Å². The second-order valence-corrected chi connectivity index (χ2v) is 7.34. The van der Waals surface area contributed by atoms with E-state index in [0.29, 0.717) is 6.61 Å². The minimum Gasteiger partial charge on any atom is -0.493 e. The molecule has 4 heteroatoms. The normalized spacial score (nSPS) is 15.5. The Bertz CT molecular complexity index is 991. The standard InChI is InChI=1S/C24H24FNO2/c1-2-28-22-14-13-21(19-7-3-4-8-20(19)22)26-23(27)24(15-5-6-16-24)17-9-11-18(25)12-10-17/h3-4,7-14H,2,5-6,15-16H2,1H3,(H,26,27). The van der Waals surface area contributed by atoms with E-state index in [4.69, 9.17) is 4.74 Å². The molecule has 1 saturated carbocycles. The summed E-state index contributed by atoms with van der Waals surface area (Å²) in [6, 6.07) is 18.1. The number of ether oxygens (including phenoxy) is 1. The van der Waals surface area contributed by atoms with Crippen molar-refractivity contribution in [3.63, 3.8) is 0 Å². The van der Waals surface area contributed by atoms with E-state index >= 15 is 0 Å². The molecular weight excluding hydrogens is 353 g/mol. The van der Waals surface area contributed by atoms with Crippen LogP contribution in [0.4, 0.5) is 10.1 Å². The lowest BCUT2D eigenvalue weighted by molar-refractivity contribution is -0.121. The molecule has 1 N–H and O–H groups in total. The van der Waals surface area contributed by atoms with E-state index in [-0.39, 0.29) is 11.7 Å². The minimum atomic E-state index is -0.604. The summed E-state index contributed by atoms with van der Waals surface area (Å²) >= 11 is 0. The highest BCUT2D eigenvalue weighted by Crippen LogP contribution is 2.43. The van der Waals surface area contributed by atoms with Gasteiger partial charge in [-0.15, -0.1) is 0 Å². The molecule has 0 spiro atoms. The Morgan fingerprint density at radius 1 is 1.00 bits per heavy atom. The lowest BCUT2D eigenvalue weighted by Gasteiger charge is -2.28. The van der Waals surface area contributed by atoms with E-state index in [0.717, 1.165) is 53.5 Å². The van der Waals surface area contributed by atoms with Gasteiger partial charge in [-0.05, 0) is 49.6 Å². The Labute approximate surface area is 164 Å². The van der Waals surface area contributed by atoms with Crippen molar-refractivity contribution in [1.82, 2.24) is 0 Å². The molecular formula is C24H24FNO2. The Morgan fingerprint density at radius 3 is 2.36 bits per heavy atom. The minimum absolute atomic E-state index is 0.0223. The van der Waals surface area contributed by atoms with Crippen molar-refractivity contribution in [3.05, 3.63) is 72.0 Å². The van der Waals surface area contributed by atoms with Gasteiger partial charge in [0.15, 0.2) is 0 Å². The maximum Gasteiger partial charge on any atom is 0.235 e. The fraction of sp³-hybridized carbons (Fsp3) is 0.292. The number of carbonyl (C=O) groups is 1. The quantitative estimate of drug-likeness (QED) is 0.608. The molecule has 0 aromatic heterocycles. The molecule has 0 atom stereocenters. The smallest absolute Gasteiger partial charge is 0.235 e. The number of amides is 1. The van der Waals surface area contributed by atoms with Crippen LogP contribution in [-0.4, -0.2) is 12.5 Å². The summed E-state index contributed by atoms with van der Waals surface area (Å²) in [6.45, 7) is 2.54. The summed E-state index contributed by atoms with van der Waals surface area (Å²) in [7, 11) is 0. The van der Waals surface area contributed by atoms with Crippen LogP contribution < -0.4 is 10.1 Å². The lowest BCUT2D eigenvalue weighted by atomic mass is 9.78. The summed E-state index contributed by atoms with van der Waals surface area (Å²) in [4.78, 5) is 13.4. The number of carbonyl (C=O) groups excluding carboxylic acids is 1. The monoisotopic (exact) mass is 377 g/mol. The molecule has 1 amide bonds. The second-order valence-electron chi connectivity index (χ2n) is 7.34. The number of fused-ring (bicyclic) bond motifs is 1. The zero-order valence-corrected chi connectivity index (χ0v) is 16.0. The van der Waals surface area contributed by atoms with Gasteiger partial charge in [0, 0.05) is 16.5 Å². The Morgan fingerprint density at radius 2 is 1.68 bits per heavy atom. The van der Waals surface area contributed by atoms with Crippen LogP contribution in [-0.2, 0) is 10.2 Å². The van der Waals surface area contributed by atoms with E-state index in [9.17, 15) is 9.18 Å². The van der Waals surface area contributed by atoms with E-state index in [2.05, 4.69) is 5.32 Å². The molecule has 0 unspecified atom stereocenters. The molecule has 3 aromatic rings. The highest BCUT2D eigenvalue weighted by molar-refractivity contribution is 6.07. The molecule has 0 heterocycles. The predicted molar refractivity (Wildman–Crippen MR) is 110 cm³/mol. The van der Waals surface area contributed by atoms with Crippen molar-refractivity contribution >= 4 is 22.4 Å². The van der Waals surface area contributed by atoms with Crippen LogP contribution in [0.3, 0.4) is 0 Å². The summed E-state index contributed by atoms with van der Waals surface area (Å²) in [6.07, 6.45) is 3.54. The van der Waals surface area contributed by atoms with Gasteiger partial charge in [0.25, 0.3) is 0 Å². The highest BCUT2D eigenvalue weighted by atomic mass is 19.1. The topological polar surface area (TPSA) is 38.3 Å². The van der Waals surface area contributed by atoms with Crippen LogP contribution in [0.1, 0.15) is 38.2 Å². The van der Waals surface area contributed by atoms with Gasteiger partial charge < -0.3 is 10.1 Å². The van der Waals surface area contributed by atoms with E-state index in [1.165, 1.54) is 12.1 Å². The first kappa shape index (κ1) is 18.5. The molecule has 28 heavy (non-hydrogen) atoms. The van der Waals surface area contributed by atoms with Crippen LogP contribution in [0, 0.1) is 5.82 Å². The van der Waals surface area contributed by atoms with Crippen LogP contribution >= 0.6 is 0 Å². The maximum absolute atomic E-state index is 13.4. The zero-order valence-electron chi connectivity index (χ0n) is 16.0. The number of hydrogen-bond donors (Lipinski definition) is 1. The maximum atomic E-state index is 13.4. The summed E-state index contributed by atoms with van der Waals surface area (Å²) in [5.41, 5.74) is 1.06. The molecule has 0 aliphatic heterocycles. The number of anilines is 1. The van der Waals surface area contributed by atoms with Crippen molar-refractivity contribution in [2.24, 2.45) is 0 Å². The molecule has 1 aliphatic carbocycles. The van der Waals surface area contributed by atoms with Crippen molar-refractivity contribution in [3.8, 4) is 5.75 Å². The summed E-state index contributed by atoms with van der Waals surface area (Å²) < 4.78 is 19.1. The summed E-state index contributed by atoms with van der Waals surface area (Å²) in [5.74, 6) is 0.506. The van der Waals surface area contributed by atoms with Crippen molar-refractivity contribution in [2.75, 3.05) is 11.9 Å². The molecule has 4 rings (SSSR count). The molecule has 3 nitrogen and oxygen atoms in total. The van der Waals surface area contributed by atoms with Gasteiger partial charge >= 0.3 is 0 Å². The molecule has 144 valence electrons. The fourth-order valence-electron chi connectivity index (χ4n) is 4.30. The molecule has 0 radical (unpaired) electrons. The third-order valence-electron chi connectivity index (χ3n) is 5.72. The zero-order chi connectivity index (χ0) is 19.6. The largest absolute Gasteiger partial charge is 0.493 e. The molecule has 3 aromatic carbocycles. The second kappa shape index (κ2) is 7.63. The van der Waals surface area contributed by atoms with Gasteiger partial charge in [-0.2, -0.15) is 0 Å². The van der Waals surface area contributed by atoms with Crippen LogP contribution in [0.2, 0.25) is 0 Å². The Hall–Kier alpha value is -2.88. The van der Waals surface area contributed by atoms with E-state index in [1.807, 2.05) is 43.3 Å². The molecule has 1 aliphatic rings. The van der Waals surface area contributed by atoms with Crippen molar-refractivity contribution in [1.29, 1.82) is 0 Å². The Balaban J connectivity index is 1.71. The molecule has 0 saturated heterocycles. The predicted octanol–water partition coefficient (Wildman–Crippen LogP) is 5.83. The third-order valence-corrected chi connectivity index (χ3v) is 5.72. The lowest BCUT2D eigenvalue weighted by Crippen LogP contribution is -2.38. The van der Waals surface area contributed by atoms with Gasteiger partial charge in [0.2, 0.25) is 5.91 Å². The van der Waals surface area contributed by atoms with Gasteiger partial charge in [-0.1, -0.05) is 49.2 Å². The van der Waals surface area contributed by atoms with Gasteiger partial charge in [-0.3, -0.25) is 4.79 Å². The van der Waals surface area contributed by atoms with Crippen LogP contribution in [0.25, 0.3) is 10.8 Å². The molecule has 1 fully saturated rings. The first-order valence-corrected chi connectivity index (χ1v) is 9.86. The fourth-order valence-corrected chi connectivity index (χ4v) is 4.30. The average Bonchev–Trinajstić information content (AvgIpc) is 3.22. The van der Waals surface area contributed by atoms with E-state index in [1.54, 1.807) is 12.1 Å².